The summed E-state index contributed by atoms with van der Waals surface area (Å²) in [7, 11) is -7.40. The van der Waals surface area contributed by atoms with Gasteiger partial charge in [-0.3, -0.25) is 4.79 Å². The largest absolute Gasteiger partial charge is 0.466 e. The van der Waals surface area contributed by atoms with Gasteiger partial charge in [0.05, 0.1) is 22.3 Å². The van der Waals surface area contributed by atoms with Crippen molar-refractivity contribution in [3.8, 4) is 0 Å². The smallest absolute Gasteiger partial charge is 0.310 e. The summed E-state index contributed by atoms with van der Waals surface area (Å²) in [6.07, 6.45) is 1.19. The number of carbonyl (C=O) groups excluding carboxylic acids is 1. The van der Waals surface area contributed by atoms with E-state index < -0.39 is 26.0 Å². The van der Waals surface area contributed by atoms with Crippen molar-refractivity contribution in [3.63, 3.8) is 0 Å². The average molecular weight is 483 g/mol. The van der Waals surface area contributed by atoms with E-state index in [0.717, 1.165) is 0 Å². The van der Waals surface area contributed by atoms with Crippen molar-refractivity contribution in [2.45, 2.75) is 43.4 Å². The molecule has 1 heterocycles. The van der Waals surface area contributed by atoms with Crippen LogP contribution in [0.3, 0.4) is 0 Å². The molecule has 10 heteroatoms. The van der Waals surface area contributed by atoms with Gasteiger partial charge >= 0.3 is 5.97 Å². The van der Waals surface area contributed by atoms with Gasteiger partial charge in [0.1, 0.15) is 0 Å². The Kier molecular flexibility index (Phi) is 7.59. The number of rotatable bonds is 8. The van der Waals surface area contributed by atoms with Crippen molar-refractivity contribution in [3.05, 3.63) is 36.4 Å². The molecular formula is C22H30N2O6S2. The monoisotopic (exact) mass is 482 g/mol. The summed E-state index contributed by atoms with van der Waals surface area (Å²) in [6, 6.07) is 9.35. The summed E-state index contributed by atoms with van der Waals surface area (Å²) < 4.78 is 59.8. The number of nitrogens with zero attached hydrogens (tertiary/aromatic N) is 2. The Bertz CT molecular complexity index is 1190. The number of esters is 1. The molecule has 8 nitrogen and oxygen atoms in total. The lowest BCUT2D eigenvalue weighted by Crippen LogP contribution is -2.42. The number of ether oxygens (including phenoxy) is 1. The zero-order valence-corrected chi connectivity index (χ0v) is 20.3. The molecule has 0 saturated carbocycles. The quantitative estimate of drug-likeness (QED) is 0.536. The lowest BCUT2D eigenvalue weighted by molar-refractivity contribution is -0.149. The first-order valence-corrected chi connectivity index (χ1v) is 13.7. The number of hydrogen-bond donors (Lipinski definition) is 0. The fraction of sp³-hybridized carbons (Fsp3) is 0.500. The van der Waals surface area contributed by atoms with Gasteiger partial charge in [-0.1, -0.05) is 26.0 Å². The molecule has 0 N–H and O–H groups in total. The van der Waals surface area contributed by atoms with E-state index in [2.05, 4.69) is 0 Å². The van der Waals surface area contributed by atoms with Gasteiger partial charge in [0.25, 0.3) is 0 Å². The molecule has 0 aliphatic carbocycles. The second kappa shape index (κ2) is 9.86. The Morgan fingerprint density at radius 3 is 2.19 bits per heavy atom. The topological polar surface area (TPSA) is 101 Å². The van der Waals surface area contributed by atoms with Gasteiger partial charge in [-0.2, -0.15) is 8.61 Å². The summed E-state index contributed by atoms with van der Waals surface area (Å²) in [5, 5.41) is 1.27. The number of hydrogen-bond acceptors (Lipinski definition) is 6. The van der Waals surface area contributed by atoms with Gasteiger partial charge in [-0.25, -0.2) is 16.8 Å². The predicted molar refractivity (Wildman–Crippen MR) is 122 cm³/mol. The van der Waals surface area contributed by atoms with Crippen LogP contribution in [0.25, 0.3) is 10.8 Å². The minimum atomic E-state index is -3.80. The number of benzene rings is 2. The van der Waals surface area contributed by atoms with Crippen LogP contribution in [0.1, 0.15) is 33.6 Å². The maximum Gasteiger partial charge on any atom is 0.310 e. The van der Waals surface area contributed by atoms with E-state index >= 15 is 0 Å². The molecule has 2 aromatic rings. The standard InChI is InChI=1S/C22H30N2O6S2/c1-4-23(5-2)31(26,27)20-11-9-18-15-21(12-10-17(18)14-20)32(28,29)24-13-7-8-19(16-24)22(25)30-6-3/h9-12,14-15,19H,4-8,13,16H2,1-3H3/t19-/m1/s1. The van der Waals surface area contributed by atoms with Crippen LogP contribution < -0.4 is 0 Å². The van der Waals surface area contributed by atoms with Crippen LogP contribution in [0.5, 0.6) is 0 Å². The number of carbonyl (C=O) groups is 1. The molecule has 0 radical (unpaired) electrons. The van der Waals surface area contributed by atoms with Crippen molar-refractivity contribution < 1.29 is 26.4 Å². The minimum absolute atomic E-state index is 0.0975. The van der Waals surface area contributed by atoms with E-state index in [4.69, 9.17) is 4.74 Å². The normalized spacial score (nSPS) is 18.2. The molecule has 1 atom stereocenters. The summed E-state index contributed by atoms with van der Waals surface area (Å²) >= 11 is 0. The summed E-state index contributed by atoms with van der Waals surface area (Å²) in [6.45, 7) is 6.74. The van der Waals surface area contributed by atoms with Crippen LogP contribution in [0.4, 0.5) is 0 Å². The van der Waals surface area contributed by atoms with Crippen molar-refractivity contribution in [2.24, 2.45) is 5.92 Å². The minimum Gasteiger partial charge on any atom is -0.466 e. The average Bonchev–Trinajstić information content (AvgIpc) is 2.79. The zero-order valence-electron chi connectivity index (χ0n) is 18.7. The lowest BCUT2D eigenvalue weighted by atomic mass is 10.0. The second-order valence-electron chi connectivity index (χ2n) is 7.71. The van der Waals surface area contributed by atoms with Gasteiger partial charge in [0, 0.05) is 26.2 Å². The maximum absolute atomic E-state index is 13.2. The third kappa shape index (κ3) is 4.83. The third-order valence-electron chi connectivity index (χ3n) is 5.77. The first-order chi connectivity index (χ1) is 15.1. The van der Waals surface area contributed by atoms with E-state index in [-0.39, 0.29) is 28.9 Å². The fourth-order valence-electron chi connectivity index (χ4n) is 4.00. The SMILES string of the molecule is CCOC(=O)[C@@H]1CCCN(S(=O)(=O)c2ccc3cc(S(=O)(=O)N(CC)CC)ccc3c2)C1. The molecule has 1 saturated heterocycles. The van der Waals surface area contributed by atoms with Crippen molar-refractivity contribution in [1.29, 1.82) is 0 Å². The van der Waals surface area contributed by atoms with E-state index in [1.165, 1.54) is 20.7 Å². The van der Waals surface area contributed by atoms with Crippen molar-refractivity contribution >= 4 is 36.8 Å². The van der Waals surface area contributed by atoms with Crippen LogP contribution in [0.15, 0.2) is 46.2 Å². The summed E-state index contributed by atoms with van der Waals surface area (Å²) in [5.41, 5.74) is 0. The molecule has 0 amide bonds. The van der Waals surface area contributed by atoms with E-state index in [9.17, 15) is 21.6 Å². The van der Waals surface area contributed by atoms with Gasteiger partial charge < -0.3 is 4.74 Å². The van der Waals surface area contributed by atoms with Crippen LogP contribution in [0, 0.1) is 5.92 Å². The van der Waals surface area contributed by atoms with Crippen LogP contribution in [-0.4, -0.2) is 64.2 Å². The Hall–Kier alpha value is -2.01. The Labute approximate surface area is 190 Å². The molecule has 1 aliphatic rings. The van der Waals surface area contributed by atoms with Crippen LogP contribution in [-0.2, 0) is 29.6 Å². The molecule has 0 unspecified atom stereocenters. The first-order valence-electron chi connectivity index (χ1n) is 10.9. The molecule has 0 spiro atoms. The highest BCUT2D eigenvalue weighted by Crippen LogP contribution is 2.28. The maximum atomic E-state index is 13.2. The Morgan fingerprint density at radius 2 is 1.59 bits per heavy atom. The summed E-state index contributed by atoms with van der Waals surface area (Å²) in [4.78, 5) is 12.4. The third-order valence-corrected chi connectivity index (χ3v) is 9.68. The van der Waals surface area contributed by atoms with E-state index in [1.54, 1.807) is 45.0 Å². The molecule has 2 aromatic carbocycles. The number of piperidine rings is 1. The van der Waals surface area contributed by atoms with Gasteiger partial charge in [-0.05, 0) is 54.8 Å². The molecule has 1 fully saturated rings. The zero-order chi connectivity index (χ0) is 23.5. The molecule has 0 aromatic heterocycles. The van der Waals surface area contributed by atoms with Crippen LogP contribution >= 0.6 is 0 Å². The number of fused-ring (bicyclic) bond motifs is 1. The van der Waals surface area contributed by atoms with Crippen molar-refractivity contribution in [2.75, 3.05) is 32.8 Å². The highest BCUT2D eigenvalue weighted by Gasteiger charge is 2.34. The second-order valence-corrected chi connectivity index (χ2v) is 11.6. The highest BCUT2D eigenvalue weighted by atomic mass is 32.2. The Morgan fingerprint density at radius 1 is 1.00 bits per heavy atom. The van der Waals surface area contributed by atoms with Crippen molar-refractivity contribution in [1.82, 2.24) is 8.61 Å². The number of sulfonamides is 2. The van der Waals surface area contributed by atoms with Gasteiger partial charge in [-0.15, -0.1) is 0 Å². The highest BCUT2D eigenvalue weighted by molar-refractivity contribution is 7.89. The molecular weight excluding hydrogens is 452 g/mol. The molecule has 176 valence electrons. The molecule has 0 bridgehead atoms. The van der Waals surface area contributed by atoms with Gasteiger partial charge in [0.15, 0.2) is 0 Å². The Balaban J connectivity index is 1.90. The van der Waals surface area contributed by atoms with Crippen LogP contribution in [0.2, 0.25) is 0 Å². The van der Waals surface area contributed by atoms with E-state index in [0.29, 0.717) is 43.2 Å². The molecule has 1 aliphatic heterocycles. The fourth-order valence-corrected chi connectivity index (χ4v) is 7.05. The van der Waals surface area contributed by atoms with Gasteiger partial charge in [0.2, 0.25) is 20.0 Å². The first kappa shape index (κ1) is 24.6. The molecule has 3 rings (SSSR count). The van der Waals surface area contributed by atoms with E-state index in [1.807, 2.05) is 0 Å². The molecule has 32 heavy (non-hydrogen) atoms. The summed E-state index contributed by atoms with van der Waals surface area (Å²) in [5.74, 6) is -0.834. The predicted octanol–water partition coefficient (Wildman–Crippen LogP) is 2.83. The lowest BCUT2D eigenvalue weighted by Gasteiger charge is -2.30.